The molecule has 1 atom stereocenters. The van der Waals surface area contributed by atoms with Crippen LogP contribution in [0.25, 0.3) is 16.2 Å². The normalized spacial score (nSPS) is 16.1. The SMILES string of the molecule is C[C@H]1CCc2cc(F)ccc2N1C(=O)Cc1csc2nc(-c3ccc(Cl)cc3)cn12. The summed E-state index contributed by atoms with van der Waals surface area (Å²) in [6, 6.07) is 12.3. The molecule has 152 valence electrons. The van der Waals surface area contributed by atoms with Gasteiger partial charge in [0.1, 0.15) is 5.82 Å². The third-order valence-electron chi connectivity index (χ3n) is 5.60. The van der Waals surface area contributed by atoms with Gasteiger partial charge in [-0.25, -0.2) is 9.37 Å². The quantitative estimate of drug-likeness (QED) is 0.406. The zero-order chi connectivity index (χ0) is 20.8. The first-order valence-corrected chi connectivity index (χ1v) is 11.1. The van der Waals surface area contributed by atoms with Crippen molar-refractivity contribution in [3.63, 3.8) is 0 Å². The van der Waals surface area contributed by atoms with E-state index >= 15 is 0 Å². The fraction of sp³-hybridized carbons (Fsp3) is 0.217. The van der Waals surface area contributed by atoms with E-state index in [2.05, 4.69) is 4.98 Å². The van der Waals surface area contributed by atoms with Crippen LogP contribution in [-0.2, 0) is 17.6 Å². The molecular weight excluding hydrogens is 421 g/mol. The monoisotopic (exact) mass is 439 g/mol. The number of carbonyl (C=O) groups is 1. The molecule has 3 heterocycles. The number of fused-ring (bicyclic) bond motifs is 2. The first-order chi connectivity index (χ1) is 14.5. The summed E-state index contributed by atoms with van der Waals surface area (Å²) in [4.78, 5) is 20.6. The highest BCUT2D eigenvalue weighted by Gasteiger charge is 2.29. The van der Waals surface area contributed by atoms with Gasteiger partial charge in [0.25, 0.3) is 0 Å². The number of hydrogen-bond donors (Lipinski definition) is 0. The van der Waals surface area contributed by atoms with Crippen molar-refractivity contribution >= 4 is 39.5 Å². The average molecular weight is 440 g/mol. The zero-order valence-electron chi connectivity index (χ0n) is 16.3. The molecule has 5 rings (SSSR count). The first-order valence-electron chi connectivity index (χ1n) is 9.81. The Kier molecular flexibility index (Phi) is 4.83. The first kappa shape index (κ1) is 19.3. The number of rotatable bonds is 3. The Morgan fingerprint density at radius 3 is 2.87 bits per heavy atom. The topological polar surface area (TPSA) is 37.6 Å². The number of amides is 1. The van der Waals surface area contributed by atoms with Gasteiger partial charge in [-0.3, -0.25) is 9.20 Å². The summed E-state index contributed by atoms with van der Waals surface area (Å²) in [5.74, 6) is -0.250. The summed E-state index contributed by atoms with van der Waals surface area (Å²) in [7, 11) is 0. The molecule has 7 heteroatoms. The molecule has 4 nitrogen and oxygen atoms in total. The third-order valence-corrected chi connectivity index (χ3v) is 6.74. The summed E-state index contributed by atoms with van der Waals surface area (Å²) in [6.07, 6.45) is 3.83. The summed E-state index contributed by atoms with van der Waals surface area (Å²) in [5.41, 5.74) is 4.44. The number of aromatic nitrogens is 2. The van der Waals surface area contributed by atoms with Gasteiger partial charge in [0.15, 0.2) is 4.96 Å². The van der Waals surface area contributed by atoms with Gasteiger partial charge in [-0.15, -0.1) is 11.3 Å². The van der Waals surface area contributed by atoms with Crippen LogP contribution >= 0.6 is 22.9 Å². The molecule has 1 aliphatic heterocycles. The molecule has 0 saturated heterocycles. The highest BCUT2D eigenvalue weighted by molar-refractivity contribution is 7.15. The van der Waals surface area contributed by atoms with Crippen LogP contribution in [0.15, 0.2) is 54.0 Å². The summed E-state index contributed by atoms with van der Waals surface area (Å²) < 4.78 is 15.6. The molecular formula is C23H19ClFN3OS. The van der Waals surface area contributed by atoms with E-state index in [1.807, 2.05) is 52.1 Å². The van der Waals surface area contributed by atoms with Gasteiger partial charge in [-0.2, -0.15) is 0 Å². The fourth-order valence-electron chi connectivity index (χ4n) is 4.06. The van der Waals surface area contributed by atoms with Crippen molar-refractivity contribution in [2.75, 3.05) is 4.90 Å². The van der Waals surface area contributed by atoms with Crippen LogP contribution in [0.4, 0.5) is 10.1 Å². The molecule has 0 fully saturated rings. The van der Waals surface area contributed by atoms with E-state index in [0.717, 1.165) is 46.0 Å². The number of anilines is 1. The van der Waals surface area contributed by atoms with Crippen molar-refractivity contribution in [2.24, 2.45) is 0 Å². The molecule has 0 bridgehead atoms. The molecule has 1 amide bonds. The van der Waals surface area contributed by atoms with E-state index in [0.29, 0.717) is 5.02 Å². The fourth-order valence-corrected chi connectivity index (χ4v) is 5.06. The lowest BCUT2D eigenvalue weighted by Gasteiger charge is -2.35. The van der Waals surface area contributed by atoms with Gasteiger partial charge in [-0.1, -0.05) is 23.7 Å². The van der Waals surface area contributed by atoms with E-state index in [1.165, 1.54) is 17.4 Å². The molecule has 0 aliphatic carbocycles. The molecule has 0 radical (unpaired) electrons. The van der Waals surface area contributed by atoms with Gasteiger partial charge in [0, 0.05) is 39.6 Å². The van der Waals surface area contributed by atoms with Crippen LogP contribution < -0.4 is 4.90 Å². The lowest BCUT2D eigenvalue weighted by atomic mass is 9.96. The number of nitrogens with zero attached hydrogens (tertiary/aromatic N) is 3. The molecule has 0 unspecified atom stereocenters. The standard InChI is InChI=1S/C23H19ClFN3OS/c1-14-2-3-16-10-18(25)8-9-21(16)28(14)22(29)11-19-13-30-23-26-20(12-27(19)23)15-4-6-17(24)7-5-15/h4-10,12-14H,2-3,11H2,1H3/t14-/m0/s1. The number of benzene rings is 2. The number of carbonyl (C=O) groups excluding carboxylic acids is 1. The molecule has 4 aromatic rings. The van der Waals surface area contributed by atoms with Gasteiger partial charge >= 0.3 is 0 Å². The summed E-state index contributed by atoms with van der Waals surface area (Å²) >= 11 is 7.50. The van der Waals surface area contributed by atoms with Crippen LogP contribution in [0, 0.1) is 5.82 Å². The Morgan fingerprint density at radius 1 is 1.27 bits per heavy atom. The van der Waals surface area contributed by atoms with Crippen molar-refractivity contribution < 1.29 is 9.18 Å². The lowest BCUT2D eigenvalue weighted by Crippen LogP contribution is -2.43. The predicted octanol–water partition coefficient (Wildman–Crippen LogP) is 5.77. The predicted molar refractivity (Wildman–Crippen MR) is 119 cm³/mol. The number of aryl methyl sites for hydroxylation is 1. The number of hydrogen-bond acceptors (Lipinski definition) is 3. The Hall–Kier alpha value is -2.70. The van der Waals surface area contributed by atoms with Gasteiger partial charge in [0.2, 0.25) is 5.91 Å². The van der Waals surface area contributed by atoms with Crippen molar-refractivity contribution in [1.29, 1.82) is 0 Å². The van der Waals surface area contributed by atoms with Crippen LogP contribution in [0.1, 0.15) is 24.6 Å². The summed E-state index contributed by atoms with van der Waals surface area (Å²) in [5, 5.41) is 2.66. The van der Waals surface area contributed by atoms with Crippen molar-refractivity contribution in [3.8, 4) is 11.3 Å². The molecule has 2 aromatic carbocycles. The highest BCUT2D eigenvalue weighted by atomic mass is 35.5. The van der Waals surface area contributed by atoms with Crippen LogP contribution in [0.5, 0.6) is 0 Å². The molecule has 30 heavy (non-hydrogen) atoms. The molecule has 0 N–H and O–H groups in total. The maximum absolute atomic E-state index is 13.6. The van der Waals surface area contributed by atoms with Gasteiger partial charge in [0.05, 0.1) is 12.1 Å². The molecule has 2 aromatic heterocycles. The average Bonchev–Trinajstić information content (AvgIpc) is 3.30. The van der Waals surface area contributed by atoms with E-state index < -0.39 is 0 Å². The largest absolute Gasteiger partial charge is 0.309 e. The Balaban J connectivity index is 1.44. The number of thiazole rings is 1. The Morgan fingerprint density at radius 2 is 2.07 bits per heavy atom. The smallest absolute Gasteiger partial charge is 0.233 e. The van der Waals surface area contributed by atoms with Crippen LogP contribution in [-0.4, -0.2) is 21.3 Å². The Bertz CT molecular complexity index is 1250. The van der Waals surface area contributed by atoms with E-state index in [9.17, 15) is 9.18 Å². The summed E-state index contributed by atoms with van der Waals surface area (Å²) in [6.45, 7) is 2.04. The van der Waals surface area contributed by atoms with Crippen LogP contribution in [0.3, 0.4) is 0 Å². The molecule has 1 aliphatic rings. The second kappa shape index (κ2) is 7.52. The van der Waals surface area contributed by atoms with E-state index in [1.54, 1.807) is 12.1 Å². The van der Waals surface area contributed by atoms with Gasteiger partial charge in [-0.05, 0) is 55.7 Å². The van der Waals surface area contributed by atoms with Gasteiger partial charge < -0.3 is 4.90 Å². The maximum Gasteiger partial charge on any atom is 0.233 e. The minimum absolute atomic E-state index is 0.0106. The highest BCUT2D eigenvalue weighted by Crippen LogP contribution is 2.32. The third kappa shape index (κ3) is 3.40. The number of imidazole rings is 1. The van der Waals surface area contributed by atoms with Crippen molar-refractivity contribution in [2.45, 2.75) is 32.2 Å². The van der Waals surface area contributed by atoms with Crippen molar-refractivity contribution in [1.82, 2.24) is 9.38 Å². The second-order valence-corrected chi connectivity index (χ2v) is 8.89. The number of halogens is 2. The second-order valence-electron chi connectivity index (χ2n) is 7.61. The molecule has 0 spiro atoms. The van der Waals surface area contributed by atoms with E-state index in [-0.39, 0.29) is 24.2 Å². The Labute approximate surface area is 182 Å². The minimum atomic E-state index is -0.261. The lowest BCUT2D eigenvalue weighted by molar-refractivity contribution is -0.118. The molecule has 0 saturated carbocycles. The van der Waals surface area contributed by atoms with Crippen molar-refractivity contribution in [3.05, 3.63) is 76.1 Å². The van der Waals surface area contributed by atoms with E-state index in [4.69, 9.17) is 11.6 Å². The maximum atomic E-state index is 13.6. The minimum Gasteiger partial charge on any atom is -0.309 e. The van der Waals surface area contributed by atoms with Crippen LogP contribution in [0.2, 0.25) is 5.02 Å². The zero-order valence-corrected chi connectivity index (χ0v) is 17.9.